The minimum Gasteiger partial charge on any atom is -0.495 e. The summed E-state index contributed by atoms with van der Waals surface area (Å²) >= 11 is 10.7. The van der Waals surface area contributed by atoms with Gasteiger partial charge in [0.05, 0.1) is 23.6 Å². The van der Waals surface area contributed by atoms with E-state index in [2.05, 4.69) is 35.9 Å². The van der Waals surface area contributed by atoms with Crippen LogP contribution in [0.25, 0.3) is 20.4 Å². The van der Waals surface area contributed by atoms with E-state index in [1.54, 1.807) is 36.1 Å². The Morgan fingerprint density at radius 3 is 2.02 bits per heavy atom. The van der Waals surface area contributed by atoms with E-state index in [0.717, 1.165) is 80.9 Å². The fourth-order valence-corrected chi connectivity index (χ4v) is 10.8. The molecule has 1 aliphatic heterocycles. The lowest BCUT2D eigenvalue weighted by molar-refractivity contribution is -0.126. The van der Waals surface area contributed by atoms with E-state index in [1.165, 1.54) is 39.0 Å². The van der Waals surface area contributed by atoms with Crippen molar-refractivity contribution >= 4 is 94.9 Å². The number of fused-ring (bicyclic) bond motifs is 7. The third kappa shape index (κ3) is 7.48. The zero-order chi connectivity index (χ0) is 36.7. The van der Waals surface area contributed by atoms with Gasteiger partial charge in [-0.2, -0.15) is 0 Å². The van der Waals surface area contributed by atoms with Gasteiger partial charge in [0.25, 0.3) is 0 Å². The van der Waals surface area contributed by atoms with Crippen LogP contribution in [0.1, 0.15) is 67.0 Å². The molecular formula is C37H40ClN7O4S3. The highest BCUT2D eigenvalue weighted by molar-refractivity contribution is 8.14. The van der Waals surface area contributed by atoms with Crippen LogP contribution in [0.4, 0.5) is 11.5 Å². The number of ether oxygens (including phenoxy) is 1. The van der Waals surface area contributed by atoms with E-state index >= 15 is 0 Å². The number of anilines is 2. The number of hydrogen-bond acceptors (Lipinski definition) is 12. The molecule has 4 aromatic heterocycles. The molecule has 3 aliphatic rings. The van der Waals surface area contributed by atoms with Crippen LogP contribution >= 0.6 is 46.0 Å². The summed E-state index contributed by atoms with van der Waals surface area (Å²) in [5.41, 5.74) is 4.24. The van der Waals surface area contributed by atoms with Crippen molar-refractivity contribution in [2.75, 3.05) is 12.4 Å². The zero-order valence-electron chi connectivity index (χ0n) is 29.6. The first-order valence-electron chi connectivity index (χ1n) is 17.4. The Morgan fingerprint density at radius 1 is 0.846 bits per heavy atom. The average molecular weight is 778 g/mol. The predicted octanol–water partition coefficient (Wildman–Crippen LogP) is 7.22. The van der Waals surface area contributed by atoms with Gasteiger partial charge < -0.3 is 20.7 Å². The molecule has 2 atom stereocenters. The van der Waals surface area contributed by atoms with Gasteiger partial charge in [0.2, 0.25) is 11.8 Å². The number of amides is 2. The summed E-state index contributed by atoms with van der Waals surface area (Å²) in [6, 6.07) is 4.22. The van der Waals surface area contributed by atoms with E-state index in [4.69, 9.17) is 16.3 Å². The molecule has 0 spiro atoms. The molecule has 2 unspecified atom stereocenters. The highest BCUT2D eigenvalue weighted by Crippen LogP contribution is 2.44. The number of carbonyl (C=O) groups excluding carboxylic acids is 3. The summed E-state index contributed by atoms with van der Waals surface area (Å²) in [6.45, 7) is 7.95. The fraction of sp³-hybridized carbons (Fsp3) is 0.432. The highest BCUT2D eigenvalue weighted by atomic mass is 35.5. The Labute approximate surface area is 319 Å². The molecule has 5 heterocycles. The summed E-state index contributed by atoms with van der Waals surface area (Å²) in [6.07, 6.45) is 8.37. The van der Waals surface area contributed by atoms with E-state index < -0.39 is 0 Å². The lowest BCUT2D eigenvalue weighted by Gasteiger charge is -2.23. The number of nitrogens with one attached hydrogen (secondary N) is 3. The minimum atomic E-state index is -0.00584. The number of benzene rings is 1. The molecular weight excluding hydrogens is 738 g/mol. The average Bonchev–Trinajstić information content (AvgIpc) is 3.79. The second-order valence-electron chi connectivity index (χ2n) is 13.9. The number of carbonyl (C=O) groups is 3. The maximum atomic E-state index is 12.5. The van der Waals surface area contributed by atoms with Crippen molar-refractivity contribution in [3.05, 3.63) is 56.4 Å². The van der Waals surface area contributed by atoms with Crippen molar-refractivity contribution in [3.8, 4) is 5.75 Å². The van der Waals surface area contributed by atoms with Crippen LogP contribution in [-0.2, 0) is 46.5 Å². The summed E-state index contributed by atoms with van der Waals surface area (Å²) in [5, 5.41) is 12.1. The normalized spacial score (nSPS) is 17.7. The van der Waals surface area contributed by atoms with Gasteiger partial charge in [-0.15, -0.1) is 22.7 Å². The van der Waals surface area contributed by atoms with Crippen LogP contribution in [0.2, 0.25) is 5.15 Å². The Hall–Kier alpha value is -3.85. The first-order chi connectivity index (χ1) is 25.0. The number of thiophene rings is 2. The Balaban J connectivity index is 0.000000180. The molecule has 1 aromatic carbocycles. The van der Waals surface area contributed by atoms with Crippen LogP contribution in [0.3, 0.4) is 0 Å². The number of halogens is 1. The number of thioether (sulfide) groups is 1. The van der Waals surface area contributed by atoms with E-state index in [9.17, 15) is 14.4 Å². The van der Waals surface area contributed by atoms with Crippen LogP contribution < -0.4 is 20.7 Å². The number of methoxy groups -OCH3 is 1. The van der Waals surface area contributed by atoms with Crippen molar-refractivity contribution in [2.45, 2.75) is 89.6 Å². The Morgan fingerprint density at radius 2 is 1.42 bits per heavy atom. The van der Waals surface area contributed by atoms with Gasteiger partial charge >= 0.3 is 0 Å². The van der Waals surface area contributed by atoms with Gasteiger partial charge in [0, 0.05) is 45.0 Å². The number of hydrogen-bond donors (Lipinski definition) is 3. The molecule has 0 radical (unpaired) electrons. The lowest BCUT2D eigenvalue weighted by Crippen LogP contribution is -2.37. The third-order valence-electron chi connectivity index (χ3n) is 9.44. The van der Waals surface area contributed by atoms with Crippen LogP contribution in [0, 0.1) is 11.8 Å². The molecule has 0 saturated heterocycles. The predicted molar refractivity (Wildman–Crippen MR) is 208 cm³/mol. The molecule has 0 bridgehead atoms. The van der Waals surface area contributed by atoms with Gasteiger partial charge in [-0.3, -0.25) is 14.4 Å². The van der Waals surface area contributed by atoms with Crippen molar-refractivity contribution in [1.29, 1.82) is 0 Å². The molecule has 272 valence electrons. The molecule has 2 aliphatic carbocycles. The van der Waals surface area contributed by atoms with Crippen molar-refractivity contribution in [3.63, 3.8) is 0 Å². The number of rotatable bonds is 7. The largest absolute Gasteiger partial charge is 0.495 e. The van der Waals surface area contributed by atoms with Crippen molar-refractivity contribution in [1.82, 2.24) is 30.6 Å². The Bertz CT molecular complexity index is 2200. The highest BCUT2D eigenvalue weighted by Gasteiger charge is 2.31. The van der Waals surface area contributed by atoms with E-state index in [1.807, 2.05) is 39.8 Å². The van der Waals surface area contributed by atoms with Crippen molar-refractivity contribution < 1.29 is 19.1 Å². The zero-order valence-corrected chi connectivity index (χ0v) is 32.8. The standard InChI is InChI=1S/C23H24N4O3S2.C14H16ClN3OS/c1-11(2)26-22(29)12-4-5-14-18(7-12)32-23-20(14)21(24-10-25-23)27-15-9-17-13(6-16(15)30-3)8-19(28)31-17;1-7(2)18-13(19)8-3-4-9-10(5-8)20-14-11(9)12(15)16-6-17-14/h6,9-12H,4-5,7-8H2,1-3H3,(H,26,29)(H,24,25,27);6-8H,3-5H2,1-2H3,(H,18,19). The van der Waals surface area contributed by atoms with E-state index in [-0.39, 0.29) is 40.8 Å². The molecule has 15 heteroatoms. The quantitative estimate of drug-likeness (QED) is 0.145. The number of nitrogens with zero attached hydrogens (tertiary/aromatic N) is 4. The maximum Gasteiger partial charge on any atom is 0.223 e. The molecule has 52 heavy (non-hydrogen) atoms. The summed E-state index contributed by atoms with van der Waals surface area (Å²) < 4.78 is 5.59. The second-order valence-corrected chi connectivity index (χ2v) is 17.5. The smallest absolute Gasteiger partial charge is 0.223 e. The second kappa shape index (κ2) is 15.2. The molecule has 0 saturated carbocycles. The van der Waals surface area contributed by atoms with Crippen LogP contribution in [0.15, 0.2) is 29.7 Å². The van der Waals surface area contributed by atoms with Gasteiger partial charge in [0.15, 0.2) is 5.12 Å². The summed E-state index contributed by atoms with van der Waals surface area (Å²) in [7, 11) is 1.63. The molecule has 2 amide bonds. The van der Waals surface area contributed by atoms with E-state index in [0.29, 0.717) is 17.3 Å². The van der Waals surface area contributed by atoms with Gasteiger partial charge in [-0.05, 0) is 95.0 Å². The monoisotopic (exact) mass is 777 g/mol. The first-order valence-corrected chi connectivity index (χ1v) is 20.3. The SMILES string of the molecule is CC(C)NC(=O)C1CCc2c(sc3ncnc(Cl)c23)C1.COc1cc2c(cc1Nc1ncnc3sc4c(c13)CCC(C(=O)NC(C)C)C4)SC(=O)C2. The number of aryl methyl sites for hydroxylation is 2. The van der Waals surface area contributed by atoms with Crippen molar-refractivity contribution in [2.24, 2.45) is 11.8 Å². The maximum absolute atomic E-state index is 12.5. The summed E-state index contributed by atoms with van der Waals surface area (Å²) in [5.74, 6) is 1.74. The van der Waals surface area contributed by atoms with Gasteiger partial charge in [-0.25, -0.2) is 19.9 Å². The first kappa shape index (κ1) is 36.5. The third-order valence-corrected chi connectivity index (χ3v) is 13.0. The van der Waals surface area contributed by atoms with Gasteiger partial charge in [0.1, 0.15) is 39.0 Å². The van der Waals surface area contributed by atoms with Crippen LogP contribution in [0.5, 0.6) is 5.75 Å². The molecule has 3 N–H and O–H groups in total. The lowest BCUT2D eigenvalue weighted by atomic mass is 9.87. The summed E-state index contributed by atoms with van der Waals surface area (Å²) in [4.78, 5) is 59.2. The van der Waals surface area contributed by atoms with Gasteiger partial charge in [-0.1, -0.05) is 23.4 Å². The topological polar surface area (TPSA) is 148 Å². The minimum absolute atomic E-state index is 0.00584. The molecule has 11 nitrogen and oxygen atoms in total. The molecule has 0 fully saturated rings. The van der Waals surface area contributed by atoms with Crippen LogP contribution in [-0.4, -0.2) is 56.1 Å². The molecule has 8 rings (SSSR count). The number of aromatic nitrogens is 4. The fourth-order valence-electron chi connectivity index (χ4n) is 7.07. The molecule has 5 aromatic rings. The Kier molecular flexibility index (Phi) is 10.7.